The molecule has 1 aliphatic rings. The summed E-state index contributed by atoms with van der Waals surface area (Å²) < 4.78 is 5.24. The molecular formula is C14H22O3. The highest BCUT2D eigenvalue weighted by Crippen LogP contribution is 2.31. The summed E-state index contributed by atoms with van der Waals surface area (Å²) in [5, 5.41) is 8.78. The maximum atomic E-state index is 10.7. The number of hydrogen-bond donors (Lipinski definition) is 1. The van der Waals surface area contributed by atoms with E-state index >= 15 is 0 Å². The standard InChI is InChI=1S/C14H22O3/c1-3-17-10-13-6-4-5-12(9-13)8-7-11(2)14(15)16/h3,7,12-13H,1,4-6,8-10H2,2H3,(H,15,16). The van der Waals surface area contributed by atoms with Gasteiger partial charge in [-0.1, -0.05) is 25.5 Å². The van der Waals surface area contributed by atoms with E-state index in [1.54, 1.807) is 6.92 Å². The summed E-state index contributed by atoms with van der Waals surface area (Å²) in [6.45, 7) is 5.95. The number of carboxylic acids is 1. The van der Waals surface area contributed by atoms with Gasteiger partial charge in [0.2, 0.25) is 0 Å². The molecule has 0 amide bonds. The molecule has 0 aliphatic heterocycles. The highest BCUT2D eigenvalue weighted by Gasteiger charge is 2.21. The maximum absolute atomic E-state index is 10.7. The zero-order valence-corrected chi connectivity index (χ0v) is 10.5. The summed E-state index contributed by atoms with van der Waals surface area (Å²) in [5.74, 6) is 0.397. The summed E-state index contributed by atoms with van der Waals surface area (Å²) >= 11 is 0. The molecule has 1 rings (SSSR count). The van der Waals surface area contributed by atoms with Crippen molar-refractivity contribution in [1.82, 2.24) is 0 Å². The molecule has 0 heterocycles. The topological polar surface area (TPSA) is 46.5 Å². The van der Waals surface area contributed by atoms with Crippen molar-refractivity contribution in [2.45, 2.75) is 39.0 Å². The largest absolute Gasteiger partial charge is 0.502 e. The second-order valence-corrected chi connectivity index (χ2v) is 4.83. The van der Waals surface area contributed by atoms with Gasteiger partial charge in [-0.15, -0.1) is 0 Å². The summed E-state index contributed by atoms with van der Waals surface area (Å²) in [6.07, 6.45) is 9.00. The molecule has 0 aromatic heterocycles. The first-order chi connectivity index (χ1) is 8.13. The van der Waals surface area contributed by atoms with Crippen molar-refractivity contribution in [3.63, 3.8) is 0 Å². The third-order valence-corrected chi connectivity index (χ3v) is 3.44. The molecule has 1 N–H and O–H groups in total. The Morgan fingerprint density at radius 3 is 2.82 bits per heavy atom. The first-order valence-corrected chi connectivity index (χ1v) is 6.26. The lowest BCUT2D eigenvalue weighted by molar-refractivity contribution is -0.132. The van der Waals surface area contributed by atoms with Gasteiger partial charge >= 0.3 is 5.97 Å². The molecule has 0 bridgehead atoms. The minimum absolute atomic E-state index is 0.453. The third kappa shape index (κ3) is 5.07. The minimum atomic E-state index is -0.813. The molecule has 0 spiro atoms. The van der Waals surface area contributed by atoms with Crippen molar-refractivity contribution in [3.8, 4) is 0 Å². The van der Waals surface area contributed by atoms with Crippen LogP contribution in [0.25, 0.3) is 0 Å². The number of carboxylic acid groups (broad SMARTS) is 1. The maximum Gasteiger partial charge on any atom is 0.330 e. The van der Waals surface area contributed by atoms with Crippen molar-refractivity contribution < 1.29 is 14.6 Å². The SMILES string of the molecule is C=COCC1CCCC(CC=C(C)C(=O)O)C1. The lowest BCUT2D eigenvalue weighted by Gasteiger charge is -2.28. The van der Waals surface area contributed by atoms with Gasteiger partial charge < -0.3 is 9.84 Å². The van der Waals surface area contributed by atoms with Crippen LogP contribution in [-0.2, 0) is 9.53 Å². The fourth-order valence-electron chi connectivity index (χ4n) is 2.40. The van der Waals surface area contributed by atoms with Crippen molar-refractivity contribution >= 4 is 5.97 Å². The zero-order valence-electron chi connectivity index (χ0n) is 10.5. The smallest absolute Gasteiger partial charge is 0.330 e. The fraction of sp³-hybridized carbons (Fsp3) is 0.643. The van der Waals surface area contributed by atoms with Crippen molar-refractivity contribution in [2.24, 2.45) is 11.8 Å². The van der Waals surface area contributed by atoms with Crippen LogP contribution >= 0.6 is 0 Å². The van der Waals surface area contributed by atoms with Gasteiger partial charge in [-0.2, -0.15) is 0 Å². The van der Waals surface area contributed by atoms with Crippen LogP contribution in [0.3, 0.4) is 0 Å². The Labute approximate surface area is 103 Å². The van der Waals surface area contributed by atoms with E-state index < -0.39 is 5.97 Å². The van der Waals surface area contributed by atoms with Crippen LogP contribution in [0.1, 0.15) is 39.0 Å². The van der Waals surface area contributed by atoms with Crippen LogP contribution in [0.5, 0.6) is 0 Å². The van der Waals surface area contributed by atoms with Crippen molar-refractivity contribution in [1.29, 1.82) is 0 Å². The number of aliphatic carboxylic acids is 1. The Kier molecular flexibility index (Phi) is 5.81. The van der Waals surface area contributed by atoms with E-state index in [0.29, 0.717) is 17.4 Å². The second kappa shape index (κ2) is 7.15. The molecule has 17 heavy (non-hydrogen) atoms. The molecule has 96 valence electrons. The predicted octanol–water partition coefficient (Wildman–Crippen LogP) is 3.37. The van der Waals surface area contributed by atoms with E-state index in [-0.39, 0.29) is 0 Å². The number of allylic oxidation sites excluding steroid dienone is 1. The molecular weight excluding hydrogens is 216 g/mol. The molecule has 0 saturated heterocycles. The molecule has 3 heteroatoms. The van der Waals surface area contributed by atoms with E-state index in [2.05, 4.69) is 6.58 Å². The third-order valence-electron chi connectivity index (χ3n) is 3.44. The van der Waals surface area contributed by atoms with Crippen LogP contribution in [0.15, 0.2) is 24.5 Å². The highest BCUT2D eigenvalue weighted by atomic mass is 16.5. The number of rotatable bonds is 6. The molecule has 3 nitrogen and oxygen atoms in total. The van der Waals surface area contributed by atoms with E-state index in [1.165, 1.54) is 25.5 Å². The zero-order chi connectivity index (χ0) is 12.7. The first kappa shape index (κ1) is 13.8. The second-order valence-electron chi connectivity index (χ2n) is 4.83. The molecule has 0 aromatic carbocycles. The van der Waals surface area contributed by atoms with Gasteiger partial charge in [0.25, 0.3) is 0 Å². The monoisotopic (exact) mass is 238 g/mol. The fourth-order valence-corrected chi connectivity index (χ4v) is 2.40. The van der Waals surface area contributed by atoms with Gasteiger partial charge in [0.15, 0.2) is 0 Å². The normalized spacial score (nSPS) is 25.4. The van der Waals surface area contributed by atoms with Crippen LogP contribution in [0.2, 0.25) is 0 Å². The van der Waals surface area contributed by atoms with E-state index in [9.17, 15) is 4.79 Å². The van der Waals surface area contributed by atoms with Crippen LogP contribution in [0.4, 0.5) is 0 Å². The average Bonchev–Trinajstić information content (AvgIpc) is 2.33. The van der Waals surface area contributed by atoms with Gasteiger partial charge in [-0.05, 0) is 38.0 Å². The minimum Gasteiger partial charge on any atom is -0.502 e. The number of ether oxygens (including phenoxy) is 1. The Morgan fingerprint density at radius 1 is 1.47 bits per heavy atom. The molecule has 0 radical (unpaired) electrons. The molecule has 0 aromatic rings. The molecule has 2 unspecified atom stereocenters. The molecule has 1 fully saturated rings. The van der Waals surface area contributed by atoms with Crippen LogP contribution in [0, 0.1) is 11.8 Å². The Hall–Kier alpha value is -1.25. The van der Waals surface area contributed by atoms with Crippen LogP contribution < -0.4 is 0 Å². The summed E-state index contributed by atoms with van der Waals surface area (Å²) in [6, 6.07) is 0. The predicted molar refractivity (Wildman–Crippen MR) is 67.6 cm³/mol. The lowest BCUT2D eigenvalue weighted by Crippen LogP contribution is -2.19. The highest BCUT2D eigenvalue weighted by molar-refractivity contribution is 5.85. The summed E-state index contributed by atoms with van der Waals surface area (Å²) in [4.78, 5) is 10.7. The van der Waals surface area contributed by atoms with Gasteiger partial charge in [-0.3, -0.25) is 0 Å². The summed E-state index contributed by atoms with van der Waals surface area (Å²) in [7, 11) is 0. The molecule has 1 saturated carbocycles. The van der Waals surface area contributed by atoms with Crippen molar-refractivity contribution in [3.05, 3.63) is 24.5 Å². The Morgan fingerprint density at radius 2 is 2.18 bits per heavy atom. The van der Waals surface area contributed by atoms with Gasteiger partial charge in [0, 0.05) is 5.57 Å². The van der Waals surface area contributed by atoms with Crippen LogP contribution in [-0.4, -0.2) is 17.7 Å². The summed E-state index contributed by atoms with van der Waals surface area (Å²) in [5.41, 5.74) is 0.453. The van der Waals surface area contributed by atoms with Gasteiger partial charge in [0.1, 0.15) is 0 Å². The first-order valence-electron chi connectivity index (χ1n) is 6.26. The lowest BCUT2D eigenvalue weighted by atomic mass is 9.80. The van der Waals surface area contributed by atoms with Crippen molar-refractivity contribution in [2.75, 3.05) is 6.61 Å². The van der Waals surface area contributed by atoms with E-state index in [1.807, 2.05) is 6.08 Å². The molecule has 2 atom stereocenters. The average molecular weight is 238 g/mol. The van der Waals surface area contributed by atoms with E-state index in [0.717, 1.165) is 19.4 Å². The quantitative estimate of drug-likeness (QED) is 0.570. The molecule has 1 aliphatic carbocycles. The van der Waals surface area contributed by atoms with Gasteiger partial charge in [0.05, 0.1) is 12.9 Å². The Balaban J connectivity index is 2.36. The Bertz CT molecular complexity index is 294. The van der Waals surface area contributed by atoms with Gasteiger partial charge in [-0.25, -0.2) is 4.79 Å². The number of carbonyl (C=O) groups is 1. The van der Waals surface area contributed by atoms with E-state index in [4.69, 9.17) is 9.84 Å². The number of hydrogen-bond acceptors (Lipinski definition) is 2.